The van der Waals surface area contributed by atoms with Gasteiger partial charge in [-0.15, -0.1) is 0 Å². The van der Waals surface area contributed by atoms with Crippen molar-refractivity contribution in [2.75, 3.05) is 11.5 Å². The van der Waals surface area contributed by atoms with Crippen LogP contribution in [0.25, 0.3) is 11.1 Å². The van der Waals surface area contributed by atoms with Crippen molar-refractivity contribution >= 4 is 11.4 Å². The summed E-state index contributed by atoms with van der Waals surface area (Å²) >= 11 is 0. The van der Waals surface area contributed by atoms with E-state index < -0.39 is 35.0 Å². The summed E-state index contributed by atoms with van der Waals surface area (Å²) in [7, 11) is 0. The zero-order valence-electron chi connectivity index (χ0n) is 18.3. The molecule has 10 heteroatoms. The van der Waals surface area contributed by atoms with Gasteiger partial charge in [-0.05, 0) is 71.8 Å². The largest absolute Gasteiger partial charge is 0.457 e. The molecule has 0 amide bonds. The van der Waals surface area contributed by atoms with Gasteiger partial charge in [-0.3, -0.25) is 0 Å². The van der Waals surface area contributed by atoms with E-state index in [2.05, 4.69) is 0 Å². The number of hydrogen-bond donors (Lipinski definition) is 2. The molecule has 0 saturated heterocycles. The van der Waals surface area contributed by atoms with Crippen molar-refractivity contribution in [1.82, 2.24) is 0 Å². The van der Waals surface area contributed by atoms with Gasteiger partial charge >= 0.3 is 12.4 Å². The Morgan fingerprint density at radius 2 is 1.00 bits per heavy atom. The van der Waals surface area contributed by atoms with E-state index in [4.69, 9.17) is 20.9 Å². The fourth-order valence-corrected chi connectivity index (χ4v) is 3.42. The minimum absolute atomic E-state index is 0.0477. The molecule has 0 aliphatic heterocycles. The van der Waals surface area contributed by atoms with Crippen LogP contribution >= 0.6 is 0 Å². The van der Waals surface area contributed by atoms with Crippen LogP contribution in [0.3, 0.4) is 0 Å². The number of nitrogens with two attached hydrogens (primary N) is 2. The second-order valence-electron chi connectivity index (χ2n) is 7.76. The molecule has 4 nitrogen and oxygen atoms in total. The molecule has 4 aromatic carbocycles. The summed E-state index contributed by atoms with van der Waals surface area (Å²) in [5, 5.41) is 0. The van der Waals surface area contributed by atoms with Crippen molar-refractivity contribution in [1.29, 1.82) is 0 Å². The van der Waals surface area contributed by atoms with E-state index in [1.807, 2.05) is 0 Å². The van der Waals surface area contributed by atoms with Gasteiger partial charge in [0, 0.05) is 11.4 Å². The molecule has 36 heavy (non-hydrogen) atoms. The van der Waals surface area contributed by atoms with E-state index >= 15 is 0 Å². The highest BCUT2D eigenvalue weighted by Gasteiger charge is 2.35. The topological polar surface area (TPSA) is 70.5 Å². The van der Waals surface area contributed by atoms with Crippen molar-refractivity contribution in [3.05, 3.63) is 96.1 Å². The lowest BCUT2D eigenvalue weighted by molar-refractivity contribution is -0.139. The number of halogens is 6. The van der Waals surface area contributed by atoms with E-state index in [0.29, 0.717) is 11.1 Å². The highest BCUT2D eigenvalue weighted by molar-refractivity contribution is 5.66. The Labute approximate surface area is 201 Å². The molecule has 0 unspecified atom stereocenters. The summed E-state index contributed by atoms with van der Waals surface area (Å²) in [5.41, 5.74) is 10.1. The van der Waals surface area contributed by atoms with E-state index in [9.17, 15) is 26.3 Å². The minimum Gasteiger partial charge on any atom is -0.457 e. The quantitative estimate of drug-likeness (QED) is 0.213. The highest BCUT2D eigenvalue weighted by Crippen LogP contribution is 2.41. The Kier molecular flexibility index (Phi) is 6.45. The van der Waals surface area contributed by atoms with Crippen LogP contribution in [-0.2, 0) is 12.4 Å². The summed E-state index contributed by atoms with van der Waals surface area (Å²) in [6, 6.07) is 19.0. The molecule has 186 valence electrons. The summed E-state index contributed by atoms with van der Waals surface area (Å²) in [6.45, 7) is 0. The maximum Gasteiger partial charge on any atom is 0.420 e. The average Bonchev–Trinajstić information content (AvgIpc) is 2.81. The highest BCUT2D eigenvalue weighted by atomic mass is 19.4. The first-order valence-electron chi connectivity index (χ1n) is 10.4. The first-order chi connectivity index (χ1) is 16.9. The van der Waals surface area contributed by atoms with Crippen LogP contribution in [0.4, 0.5) is 37.7 Å². The molecule has 0 fully saturated rings. The molecule has 0 aliphatic carbocycles. The van der Waals surface area contributed by atoms with Crippen LogP contribution in [0.15, 0.2) is 84.9 Å². The molecule has 0 aliphatic rings. The molecule has 4 N–H and O–H groups in total. The lowest BCUT2D eigenvalue weighted by Crippen LogP contribution is -2.08. The molecular formula is C26H18F6N2O2. The molecule has 4 rings (SSSR count). The summed E-state index contributed by atoms with van der Waals surface area (Å²) in [6.07, 6.45) is -9.31. The summed E-state index contributed by atoms with van der Waals surface area (Å²) < 4.78 is 90.9. The molecule has 0 radical (unpaired) electrons. The number of anilines is 2. The average molecular weight is 504 g/mol. The van der Waals surface area contributed by atoms with Crippen LogP contribution < -0.4 is 20.9 Å². The Hall–Kier alpha value is -4.34. The third-order valence-corrected chi connectivity index (χ3v) is 5.10. The van der Waals surface area contributed by atoms with Gasteiger partial charge in [-0.1, -0.05) is 24.3 Å². The molecule has 0 atom stereocenters. The third kappa shape index (κ3) is 5.65. The minimum atomic E-state index is -4.66. The van der Waals surface area contributed by atoms with Gasteiger partial charge in [0.1, 0.15) is 34.1 Å². The van der Waals surface area contributed by atoms with Gasteiger partial charge in [-0.25, -0.2) is 0 Å². The molecule has 0 bridgehead atoms. The van der Waals surface area contributed by atoms with Gasteiger partial charge in [0.15, 0.2) is 0 Å². The SMILES string of the molecule is Nc1ccc(Oc2ccc(-c3cccc(Oc4ccc(N)cc4C(F)(F)F)c3)cc2)c(C(F)(F)F)c1. The number of rotatable bonds is 5. The number of ether oxygens (including phenoxy) is 2. The Bertz CT molecular complexity index is 1380. The van der Waals surface area contributed by atoms with Gasteiger partial charge in [0.2, 0.25) is 0 Å². The zero-order valence-corrected chi connectivity index (χ0v) is 18.3. The Morgan fingerprint density at radius 3 is 1.50 bits per heavy atom. The fourth-order valence-electron chi connectivity index (χ4n) is 3.42. The molecule has 0 aromatic heterocycles. The smallest absolute Gasteiger partial charge is 0.420 e. The third-order valence-electron chi connectivity index (χ3n) is 5.10. The van der Waals surface area contributed by atoms with Crippen molar-refractivity contribution in [3.63, 3.8) is 0 Å². The predicted molar refractivity (Wildman–Crippen MR) is 124 cm³/mol. The van der Waals surface area contributed by atoms with Crippen LogP contribution in [0.2, 0.25) is 0 Å². The first-order valence-corrected chi connectivity index (χ1v) is 10.4. The van der Waals surface area contributed by atoms with Gasteiger partial charge in [-0.2, -0.15) is 26.3 Å². The Balaban J connectivity index is 1.56. The van der Waals surface area contributed by atoms with Crippen LogP contribution in [-0.4, -0.2) is 0 Å². The van der Waals surface area contributed by atoms with Crippen LogP contribution in [0.1, 0.15) is 11.1 Å². The molecule has 0 heterocycles. The second kappa shape index (κ2) is 9.37. The van der Waals surface area contributed by atoms with Crippen molar-refractivity contribution in [2.24, 2.45) is 0 Å². The van der Waals surface area contributed by atoms with Crippen LogP contribution in [0, 0.1) is 0 Å². The fraction of sp³-hybridized carbons (Fsp3) is 0.0769. The van der Waals surface area contributed by atoms with Gasteiger partial charge in [0.25, 0.3) is 0 Å². The second-order valence-corrected chi connectivity index (χ2v) is 7.76. The molecular weight excluding hydrogens is 486 g/mol. The van der Waals surface area contributed by atoms with Gasteiger partial charge < -0.3 is 20.9 Å². The zero-order chi connectivity index (χ0) is 26.1. The van der Waals surface area contributed by atoms with Gasteiger partial charge in [0.05, 0.1) is 0 Å². The predicted octanol–water partition coefficient (Wildman–Crippen LogP) is 8.14. The van der Waals surface area contributed by atoms with E-state index in [0.717, 1.165) is 24.3 Å². The monoisotopic (exact) mass is 504 g/mol. The molecule has 4 aromatic rings. The lowest BCUT2D eigenvalue weighted by atomic mass is 10.1. The molecule has 0 saturated carbocycles. The Morgan fingerprint density at radius 1 is 0.500 bits per heavy atom. The molecule has 0 spiro atoms. The maximum atomic E-state index is 13.4. The maximum absolute atomic E-state index is 13.4. The van der Waals surface area contributed by atoms with Crippen LogP contribution in [0.5, 0.6) is 23.0 Å². The normalized spacial score (nSPS) is 11.8. The standard InChI is InChI=1S/C26H18F6N2O2/c27-25(28,29)21-13-17(33)6-10-23(21)35-19-8-4-15(5-9-19)16-2-1-3-20(12-16)36-24-11-7-18(34)14-22(24)26(30,31)32/h1-14H,33-34H2. The number of nitrogen functional groups attached to an aromatic ring is 2. The van der Waals surface area contributed by atoms with Crippen molar-refractivity contribution < 1.29 is 35.8 Å². The number of alkyl halides is 6. The first kappa shape index (κ1) is 24.8. The number of hydrogen-bond acceptors (Lipinski definition) is 4. The van der Waals surface area contributed by atoms with Crippen molar-refractivity contribution in [3.8, 4) is 34.1 Å². The number of benzene rings is 4. The summed E-state index contributed by atoms with van der Waals surface area (Å²) in [5.74, 6) is -0.497. The lowest BCUT2D eigenvalue weighted by Gasteiger charge is -2.15. The van der Waals surface area contributed by atoms with E-state index in [-0.39, 0.29) is 22.9 Å². The summed E-state index contributed by atoms with van der Waals surface area (Å²) in [4.78, 5) is 0. The van der Waals surface area contributed by atoms with E-state index in [1.165, 1.54) is 36.4 Å². The van der Waals surface area contributed by atoms with Crippen molar-refractivity contribution in [2.45, 2.75) is 12.4 Å². The van der Waals surface area contributed by atoms with E-state index in [1.54, 1.807) is 24.3 Å².